The fourth-order valence-electron chi connectivity index (χ4n) is 3.26. The summed E-state index contributed by atoms with van der Waals surface area (Å²) in [6.07, 6.45) is -0.0808. The van der Waals surface area contributed by atoms with Crippen molar-refractivity contribution in [2.24, 2.45) is 0 Å². The summed E-state index contributed by atoms with van der Waals surface area (Å²) >= 11 is 0. The SMILES string of the molecule is COc1ccc(-c2ccc(C(C)CNC(=O)CC3NC(=O)NC3=O)cc2)cc1OC. The Bertz CT molecular complexity index is 942. The van der Waals surface area contributed by atoms with Gasteiger partial charge in [0.05, 0.1) is 20.6 Å². The lowest BCUT2D eigenvalue weighted by Crippen LogP contribution is -2.37. The van der Waals surface area contributed by atoms with Crippen molar-refractivity contribution in [1.29, 1.82) is 0 Å². The molecule has 1 aliphatic heterocycles. The lowest BCUT2D eigenvalue weighted by Gasteiger charge is -2.15. The van der Waals surface area contributed by atoms with Crippen molar-refractivity contribution >= 4 is 17.8 Å². The van der Waals surface area contributed by atoms with Gasteiger partial charge in [0.25, 0.3) is 5.91 Å². The van der Waals surface area contributed by atoms with Crippen LogP contribution in [0.1, 0.15) is 24.8 Å². The molecule has 0 saturated carbocycles. The van der Waals surface area contributed by atoms with E-state index in [1.165, 1.54) is 0 Å². The Labute approximate surface area is 174 Å². The molecule has 8 nitrogen and oxygen atoms in total. The second-order valence-corrected chi connectivity index (χ2v) is 7.12. The number of hydrogen-bond acceptors (Lipinski definition) is 5. The molecule has 0 aliphatic carbocycles. The molecular formula is C22H25N3O5. The van der Waals surface area contributed by atoms with Crippen molar-refractivity contribution in [2.45, 2.75) is 25.3 Å². The van der Waals surface area contributed by atoms with Gasteiger partial charge >= 0.3 is 6.03 Å². The highest BCUT2D eigenvalue weighted by atomic mass is 16.5. The molecule has 1 heterocycles. The van der Waals surface area contributed by atoms with Gasteiger partial charge in [0.2, 0.25) is 5.91 Å². The van der Waals surface area contributed by atoms with Crippen LogP contribution < -0.4 is 25.4 Å². The molecule has 0 radical (unpaired) electrons. The summed E-state index contributed by atoms with van der Waals surface area (Å²) in [7, 11) is 3.21. The first kappa shape index (κ1) is 21.2. The molecule has 30 heavy (non-hydrogen) atoms. The fourth-order valence-corrected chi connectivity index (χ4v) is 3.26. The second-order valence-electron chi connectivity index (χ2n) is 7.12. The van der Waals surface area contributed by atoms with E-state index < -0.39 is 18.0 Å². The minimum Gasteiger partial charge on any atom is -0.493 e. The largest absolute Gasteiger partial charge is 0.493 e. The molecule has 0 bridgehead atoms. The smallest absolute Gasteiger partial charge is 0.322 e. The zero-order chi connectivity index (χ0) is 21.7. The minimum atomic E-state index is -0.812. The molecule has 158 valence electrons. The number of nitrogens with one attached hydrogen (secondary N) is 3. The minimum absolute atomic E-state index is 0.0808. The third kappa shape index (κ3) is 4.89. The average Bonchev–Trinajstić information content (AvgIpc) is 3.07. The first-order valence-electron chi connectivity index (χ1n) is 9.61. The van der Waals surface area contributed by atoms with Crippen LogP contribution in [0.15, 0.2) is 42.5 Å². The molecule has 3 rings (SSSR count). The van der Waals surface area contributed by atoms with Gasteiger partial charge in [-0.15, -0.1) is 0 Å². The standard InChI is InChI=1S/C22H25N3O5/c1-13(12-23-20(26)11-17-21(27)25-22(28)24-17)14-4-6-15(7-5-14)16-8-9-18(29-2)19(10-16)30-3/h4-10,13,17H,11-12H2,1-3H3,(H,23,26)(H2,24,25,27,28). The van der Waals surface area contributed by atoms with Gasteiger partial charge in [-0.25, -0.2) is 4.79 Å². The molecule has 4 amide bonds. The summed E-state index contributed by atoms with van der Waals surface area (Å²) in [5.41, 5.74) is 3.13. The van der Waals surface area contributed by atoms with Crippen LogP contribution in [0.3, 0.4) is 0 Å². The predicted octanol–water partition coefficient (Wildman–Crippen LogP) is 2.19. The van der Waals surface area contributed by atoms with Gasteiger partial charge < -0.3 is 20.1 Å². The van der Waals surface area contributed by atoms with Crippen molar-refractivity contribution in [2.75, 3.05) is 20.8 Å². The van der Waals surface area contributed by atoms with Crippen LogP contribution in [0.25, 0.3) is 11.1 Å². The summed E-state index contributed by atoms with van der Waals surface area (Å²) in [5, 5.41) is 7.34. The molecule has 3 N–H and O–H groups in total. The van der Waals surface area contributed by atoms with Crippen molar-refractivity contribution in [3.8, 4) is 22.6 Å². The summed E-state index contributed by atoms with van der Waals surface area (Å²) < 4.78 is 10.6. The van der Waals surface area contributed by atoms with Gasteiger partial charge in [-0.3, -0.25) is 14.9 Å². The molecule has 1 aliphatic rings. The third-order valence-corrected chi connectivity index (χ3v) is 5.05. The van der Waals surface area contributed by atoms with Crippen LogP contribution in [0, 0.1) is 0 Å². The van der Waals surface area contributed by atoms with Gasteiger partial charge in [-0.2, -0.15) is 0 Å². The zero-order valence-electron chi connectivity index (χ0n) is 17.2. The number of amides is 4. The average molecular weight is 411 g/mol. The molecule has 0 spiro atoms. The molecule has 1 saturated heterocycles. The number of benzene rings is 2. The lowest BCUT2D eigenvalue weighted by atomic mass is 9.97. The highest BCUT2D eigenvalue weighted by Crippen LogP contribution is 2.32. The van der Waals surface area contributed by atoms with E-state index in [0.29, 0.717) is 18.0 Å². The summed E-state index contributed by atoms with van der Waals surface area (Å²) in [6, 6.07) is 12.5. The molecule has 2 aromatic rings. The Morgan fingerprint density at radius 1 is 1.03 bits per heavy atom. The molecule has 8 heteroatoms. The summed E-state index contributed by atoms with van der Waals surface area (Å²) in [4.78, 5) is 34.7. The normalized spacial score (nSPS) is 16.4. The van der Waals surface area contributed by atoms with Crippen LogP contribution in [0.5, 0.6) is 11.5 Å². The quantitative estimate of drug-likeness (QED) is 0.578. The summed E-state index contributed by atoms with van der Waals surface area (Å²) in [5.74, 6) is 0.666. The number of imide groups is 1. The predicted molar refractivity (Wildman–Crippen MR) is 111 cm³/mol. The van der Waals surface area contributed by atoms with E-state index in [2.05, 4.69) is 16.0 Å². The van der Waals surface area contributed by atoms with Gasteiger partial charge in [0.15, 0.2) is 11.5 Å². The Morgan fingerprint density at radius 2 is 1.70 bits per heavy atom. The van der Waals surface area contributed by atoms with E-state index in [4.69, 9.17) is 9.47 Å². The van der Waals surface area contributed by atoms with Crippen molar-refractivity contribution in [3.63, 3.8) is 0 Å². The first-order chi connectivity index (χ1) is 14.4. The Kier molecular flexibility index (Phi) is 6.56. The Balaban J connectivity index is 1.57. The van der Waals surface area contributed by atoms with Crippen LogP contribution in [-0.2, 0) is 9.59 Å². The molecule has 2 atom stereocenters. The van der Waals surface area contributed by atoms with Gasteiger partial charge in [-0.05, 0) is 34.7 Å². The molecule has 0 aromatic heterocycles. The van der Waals surface area contributed by atoms with Crippen LogP contribution in [-0.4, -0.2) is 44.7 Å². The van der Waals surface area contributed by atoms with Gasteiger partial charge in [0.1, 0.15) is 6.04 Å². The monoisotopic (exact) mass is 411 g/mol. The Hall–Kier alpha value is -3.55. The molecule has 2 unspecified atom stereocenters. The van der Waals surface area contributed by atoms with E-state index in [0.717, 1.165) is 16.7 Å². The van der Waals surface area contributed by atoms with Crippen LogP contribution in [0.4, 0.5) is 4.79 Å². The number of rotatable bonds is 8. The summed E-state index contributed by atoms with van der Waals surface area (Å²) in [6.45, 7) is 2.44. The lowest BCUT2D eigenvalue weighted by molar-refractivity contribution is -0.126. The van der Waals surface area contributed by atoms with Crippen LogP contribution >= 0.6 is 0 Å². The number of methoxy groups -OCH3 is 2. The maximum absolute atomic E-state index is 12.1. The Morgan fingerprint density at radius 3 is 2.30 bits per heavy atom. The van der Waals surface area contributed by atoms with Crippen molar-refractivity contribution in [1.82, 2.24) is 16.0 Å². The number of urea groups is 1. The van der Waals surface area contributed by atoms with E-state index in [-0.39, 0.29) is 18.2 Å². The van der Waals surface area contributed by atoms with E-state index in [1.54, 1.807) is 14.2 Å². The van der Waals surface area contributed by atoms with Crippen molar-refractivity contribution < 1.29 is 23.9 Å². The fraction of sp³-hybridized carbons (Fsp3) is 0.318. The van der Waals surface area contributed by atoms with Crippen molar-refractivity contribution in [3.05, 3.63) is 48.0 Å². The number of ether oxygens (including phenoxy) is 2. The molecule has 1 fully saturated rings. The van der Waals surface area contributed by atoms with Crippen LogP contribution in [0.2, 0.25) is 0 Å². The maximum Gasteiger partial charge on any atom is 0.322 e. The van der Waals surface area contributed by atoms with Gasteiger partial charge in [0, 0.05) is 6.54 Å². The first-order valence-corrected chi connectivity index (χ1v) is 9.61. The van der Waals surface area contributed by atoms with E-state index in [9.17, 15) is 14.4 Å². The number of carbonyl (C=O) groups is 3. The number of hydrogen-bond donors (Lipinski definition) is 3. The molecular weight excluding hydrogens is 386 g/mol. The molecule has 2 aromatic carbocycles. The van der Waals surface area contributed by atoms with E-state index >= 15 is 0 Å². The van der Waals surface area contributed by atoms with E-state index in [1.807, 2.05) is 49.4 Å². The highest BCUT2D eigenvalue weighted by molar-refractivity contribution is 6.05. The zero-order valence-corrected chi connectivity index (χ0v) is 17.2. The number of carbonyl (C=O) groups excluding carboxylic acids is 3. The highest BCUT2D eigenvalue weighted by Gasteiger charge is 2.31. The van der Waals surface area contributed by atoms with Gasteiger partial charge in [-0.1, -0.05) is 37.3 Å². The maximum atomic E-state index is 12.1. The second kappa shape index (κ2) is 9.30. The third-order valence-electron chi connectivity index (χ3n) is 5.05. The topological polar surface area (TPSA) is 106 Å².